The molecule has 0 saturated carbocycles. The van der Waals surface area contributed by atoms with E-state index in [1.807, 2.05) is 24.3 Å². The maximum absolute atomic E-state index is 12.0. The Balaban J connectivity index is 1.99. The van der Waals surface area contributed by atoms with Gasteiger partial charge in [0.05, 0.1) is 19.8 Å². The minimum Gasteiger partial charge on any atom is -0.461 e. The highest BCUT2D eigenvalue weighted by atomic mass is 16.7. The molecule has 1 aliphatic rings. The highest BCUT2D eigenvalue weighted by molar-refractivity contribution is 5.94. The van der Waals surface area contributed by atoms with E-state index in [2.05, 4.69) is 15.4 Å². The first-order valence-electron chi connectivity index (χ1n) is 7.21. The van der Waals surface area contributed by atoms with E-state index in [0.29, 0.717) is 18.9 Å². The summed E-state index contributed by atoms with van der Waals surface area (Å²) in [5.41, 5.74) is 2.16. The first-order valence-corrected chi connectivity index (χ1v) is 7.21. The molecule has 2 heterocycles. The van der Waals surface area contributed by atoms with Crippen LogP contribution in [0.2, 0.25) is 0 Å². The SMILES string of the molecule is CCOC(=O)c1n[nH]nc1-c1ccccc1C1OCCCO1. The van der Waals surface area contributed by atoms with Gasteiger partial charge in [-0.25, -0.2) is 4.79 Å². The van der Waals surface area contributed by atoms with Crippen LogP contribution in [0.15, 0.2) is 24.3 Å². The standard InChI is InChI=1S/C15H17N3O4/c1-2-20-14(19)13-12(16-18-17-13)10-6-3-4-7-11(10)15-21-8-5-9-22-15/h3-4,6-7,15H,2,5,8-9H2,1H3,(H,16,17,18). The summed E-state index contributed by atoms with van der Waals surface area (Å²) in [5, 5.41) is 10.5. The minimum atomic E-state index is -0.508. The van der Waals surface area contributed by atoms with Crippen LogP contribution < -0.4 is 0 Å². The van der Waals surface area contributed by atoms with Crippen LogP contribution in [0.5, 0.6) is 0 Å². The van der Waals surface area contributed by atoms with E-state index in [1.54, 1.807) is 6.92 Å². The molecule has 7 heteroatoms. The van der Waals surface area contributed by atoms with Crippen LogP contribution in [0.1, 0.15) is 35.7 Å². The number of hydrogen-bond acceptors (Lipinski definition) is 6. The van der Waals surface area contributed by atoms with Gasteiger partial charge in [0.15, 0.2) is 12.0 Å². The van der Waals surface area contributed by atoms with E-state index in [-0.39, 0.29) is 12.3 Å². The second-order valence-electron chi connectivity index (χ2n) is 4.76. The zero-order chi connectivity index (χ0) is 15.4. The number of nitrogens with one attached hydrogen (secondary N) is 1. The van der Waals surface area contributed by atoms with Crippen molar-refractivity contribution in [3.05, 3.63) is 35.5 Å². The van der Waals surface area contributed by atoms with Crippen LogP contribution in [-0.2, 0) is 14.2 Å². The van der Waals surface area contributed by atoms with Gasteiger partial charge in [-0.15, -0.1) is 5.10 Å². The van der Waals surface area contributed by atoms with Gasteiger partial charge in [0.1, 0.15) is 5.69 Å². The lowest BCUT2D eigenvalue weighted by Gasteiger charge is -2.25. The summed E-state index contributed by atoms with van der Waals surface area (Å²) < 4.78 is 16.3. The number of aromatic amines is 1. The predicted molar refractivity (Wildman–Crippen MR) is 77.0 cm³/mol. The van der Waals surface area contributed by atoms with Crippen LogP contribution in [0.25, 0.3) is 11.3 Å². The molecule has 0 radical (unpaired) electrons. The van der Waals surface area contributed by atoms with E-state index < -0.39 is 12.3 Å². The van der Waals surface area contributed by atoms with Crippen molar-refractivity contribution in [2.24, 2.45) is 0 Å². The molecule has 1 aromatic heterocycles. The van der Waals surface area contributed by atoms with Crippen molar-refractivity contribution in [2.75, 3.05) is 19.8 Å². The number of benzene rings is 1. The third kappa shape index (κ3) is 2.86. The number of carbonyl (C=O) groups excluding carboxylic acids is 1. The summed E-state index contributed by atoms with van der Waals surface area (Å²) >= 11 is 0. The summed E-state index contributed by atoms with van der Waals surface area (Å²) in [6, 6.07) is 7.52. The van der Waals surface area contributed by atoms with Crippen molar-refractivity contribution in [2.45, 2.75) is 19.6 Å². The summed E-state index contributed by atoms with van der Waals surface area (Å²) in [7, 11) is 0. The minimum absolute atomic E-state index is 0.158. The first kappa shape index (κ1) is 14.7. The molecule has 116 valence electrons. The van der Waals surface area contributed by atoms with Crippen LogP contribution >= 0.6 is 0 Å². The Morgan fingerprint density at radius 1 is 1.32 bits per heavy atom. The van der Waals surface area contributed by atoms with Gasteiger partial charge >= 0.3 is 5.97 Å². The monoisotopic (exact) mass is 303 g/mol. The van der Waals surface area contributed by atoms with Gasteiger partial charge in [0.25, 0.3) is 0 Å². The zero-order valence-electron chi connectivity index (χ0n) is 12.2. The number of ether oxygens (including phenoxy) is 3. The number of carbonyl (C=O) groups is 1. The number of rotatable bonds is 4. The zero-order valence-corrected chi connectivity index (χ0v) is 12.2. The Bertz CT molecular complexity index is 650. The Kier molecular flexibility index (Phi) is 4.45. The van der Waals surface area contributed by atoms with Crippen LogP contribution in [0.3, 0.4) is 0 Å². The average molecular weight is 303 g/mol. The largest absolute Gasteiger partial charge is 0.461 e. The van der Waals surface area contributed by atoms with E-state index in [4.69, 9.17) is 14.2 Å². The van der Waals surface area contributed by atoms with E-state index >= 15 is 0 Å². The molecule has 1 fully saturated rings. The number of esters is 1. The molecule has 1 aromatic carbocycles. The molecule has 0 aliphatic carbocycles. The first-order chi connectivity index (χ1) is 10.8. The molecule has 1 aliphatic heterocycles. The fourth-order valence-corrected chi connectivity index (χ4v) is 2.35. The van der Waals surface area contributed by atoms with Gasteiger partial charge in [-0.3, -0.25) is 0 Å². The fraction of sp³-hybridized carbons (Fsp3) is 0.400. The number of nitrogens with zero attached hydrogens (tertiary/aromatic N) is 2. The van der Waals surface area contributed by atoms with Crippen LogP contribution in [0, 0.1) is 0 Å². The maximum Gasteiger partial charge on any atom is 0.361 e. The second kappa shape index (κ2) is 6.67. The van der Waals surface area contributed by atoms with E-state index in [1.165, 1.54) is 0 Å². The average Bonchev–Trinajstić information content (AvgIpc) is 3.05. The van der Waals surface area contributed by atoms with Crippen molar-refractivity contribution >= 4 is 5.97 Å². The quantitative estimate of drug-likeness (QED) is 0.870. The van der Waals surface area contributed by atoms with Crippen molar-refractivity contribution in [3.63, 3.8) is 0 Å². The Morgan fingerprint density at radius 2 is 2.09 bits per heavy atom. The van der Waals surface area contributed by atoms with Crippen LogP contribution in [0.4, 0.5) is 0 Å². The molecule has 0 amide bonds. The van der Waals surface area contributed by atoms with Crippen molar-refractivity contribution < 1.29 is 19.0 Å². The van der Waals surface area contributed by atoms with Crippen molar-refractivity contribution in [1.29, 1.82) is 0 Å². The van der Waals surface area contributed by atoms with Crippen LogP contribution in [-0.4, -0.2) is 41.2 Å². The number of hydrogen-bond donors (Lipinski definition) is 1. The smallest absolute Gasteiger partial charge is 0.361 e. The summed E-state index contributed by atoms with van der Waals surface area (Å²) in [5.74, 6) is -0.508. The third-order valence-corrected chi connectivity index (χ3v) is 3.31. The highest BCUT2D eigenvalue weighted by Crippen LogP contribution is 2.32. The molecule has 1 saturated heterocycles. The molecular weight excluding hydrogens is 286 g/mol. The lowest BCUT2D eigenvalue weighted by Crippen LogP contribution is -2.18. The molecule has 0 bridgehead atoms. The molecule has 22 heavy (non-hydrogen) atoms. The molecule has 0 unspecified atom stereocenters. The maximum atomic E-state index is 12.0. The van der Waals surface area contributed by atoms with E-state index in [0.717, 1.165) is 17.5 Å². The summed E-state index contributed by atoms with van der Waals surface area (Å²) in [6.45, 7) is 3.31. The lowest BCUT2D eigenvalue weighted by atomic mass is 10.0. The highest BCUT2D eigenvalue weighted by Gasteiger charge is 2.25. The lowest BCUT2D eigenvalue weighted by molar-refractivity contribution is -0.182. The van der Waals surface area contributed by atoms with Crippen molar-refractivity contribution in [3.8, 4) is 11.3 Å². The molecular formula is C15H17N3O4. The number of H-pyrrole nitrogens is 1. The second-order valence-corrected chi connectivity index (χ2v) is 4.76. The molecule has 7 nitrogen and oxygen atoms in total. The molecule has 3 rings (SSSR count). The normalized spacial score (nSPS) is 15.7. The van der Waals surface area contributed by atoms with Gasteiger partial charge in [-0.1, -0.05) is 24.3 Å². The van der Waals surface area contributed by atoms with Gasteiger partial charge in [-0.2, -0.15) is 10.3 Å². The van der Waals surface area contributed by atoms with Gasteiger partial charge < -0.3 is 14.2 Å². The Hall–Kier alpha value is -2.25. The Labute approximate surface area is 127 Å². The molecule has 1 N–H and O–H groups in total. The fourth-order valence-electron chi connectivity index (χ4n) is 2.35. The Morgan fingerprint density at radius 3 is 2.86 bits per heavy atom. The van der Waals surface area contributed by atoms with Crippen molar-refractivity contribution in [1.82, 2.24) is 15.4 Å². The molecule has 0 atom stereocenters. The van der Waals surface area contributed by atoms with E-state index in [9.17, 15) is 4.79 Å². The third-order valence-electron chi connectivity index (χ3n) is 3.31. The van der Waals surface area contributed by atoms with Gasteiger partial charge in [0, 0.05) is 11.1 Å². The number of aromatic nitrogens is 3. The van der Waals surface area contributed by atoms with Gasteiger partial charge in [-0.05, 0) is 13.3 Å². The topological polar surface area (TPSA) is 86.3 Å². The predicted octanol–water partition coefficient (Wildman–Crippen LogP) is 2.08. The van der Waals surface area contributed by atoms with Gasteiger partial charge in [0.2, 0.25) is 0 Å². The molecule has 2 aromatic rings. The molecule has 0 spiro atoms. The summed E-state index contributed by atoms with van der Waals surface area (Å²) in [6.07, 6.45) is 0.410. The summed E-state index contributed by atoms with van der Waals surface area (Å²) in [4.78, 5) is 12.0.